The summed E-state index contributed by atoms with van der Waals surface area (Å²) in [6, 6.07) is 10.1. The topological polar surface area (TPSA) is 74.2 Å². The molecule has 2 rings (SSSR count). The smallest absolute Gasteiger partial charge is 0.162 e. The van der Waals surface area contributed by atoms with Crippen LogP contribution in [-0.2, 0) is 0 Å². The molecule has 0 radical (unpaired) electrons. The molecule has 6 nitrogen and oxygen atoms in total. The Morgan fingerprint density at radius 3 is 2.12 bits per heavy atom. The Morgan fingerprint density at radius 1 is 0.917 bits per heavy atom. The van der Waals surface area contributed by atoms with E-state index in [2.05, 4.69) is 0 Å². The minimum atomic E-state index is -0.624. The number of aliphatic hydroxyl groups is 1. The molecular formula is C18H20O6. The van der Waals surface area contributed by atoms with E-state index in [0.29, 0.717) is 28.6 Å². The Hall–Kier alpha value is -2.73. The molecule has 0 spiro atoms. The van der Waals surface area contributed by atoms with Gasteiger partial charge in [0, 0.05) is 5.56 Å². The fourth-order valence-electron chi connectivity index (χ4n) is 2.27. The average Bonchev–Trinajstić information content (AvgIpc) is 2.65. The molecule has 0 saturated heterocycles. The molecule has 1 atom stereocenters. The highest BCUT2D eigenvalue weighted by Gasteiger charge is 2.17. The van der Waals surface area contributed by atoms with E-state index in [9.17, 15) is 9.90 Å². The van der Waals surface area contributed by atoms with Crippen molar-refractivity contribution in [2.75, 3.05) is 27.9 Å². The molecule has 0 aliphatic carbocycles. The molecule has 0 heterocycles. The van der Waals surface area contributed by atoms with Gasteiger partial charge in [0.25, 0.3) is 0 Å². The lowest BCUT2D eigenvalue weighted by Gasteiger charge is -2.20. The van der Waals surface area contributed by atoms with Gasteiger partial charge in [0.05, 0.1) is 27.9 Å². The second kappa shape index (κ2) is 8.21. The molecular weight excluding hydrogens is 312 g/mol. The number of methoxy groups -OCH3 is 3. The molecule has 1 N–H and O–H groups in total. The summed E-state index contributed by atoms with van der Waals surface area (Å²) in [6.07, 6.45) is 0.102. The average molecular weight is 332 g/mol. The lowest BCUT2D eigenvalue weighted by molar-refractivity contribution is 0.111. The quantitative estimate of drug-likeness (QED) is 0.749. The molecule has 1 unspecified atom stereocenters. The number of ether oxygens (including phenoxy) is 4. The first-order valence-corrected chi connectivity index (χ1v) is 7.29. The van der Waals surface area contributed by atoms with E-state index in [1.54, 1.807) is 43.5 Å². The van der Waals surface area contributed by atoms with Crippen LogP contribution < -0.4 is 18.9 Å². The van der Waals surface area contributed by atoms with Crippen molar-refractivity contribution in [3.8, 4) is 23.0 Å². The first kappa shape index (κ1) is 17.6. The second-order valence-electron chi connectivity index (χ2n) is 4.93. The monoisotopic (exact) mass is 332 g/mol. The molecule has 0 aliphatic rings. The maximum atomic E-state index is 10.9. The van der Waals surface area contributed by atoms with Gasteiger partial charge in [-0.05, 0) is 35.9 Å². The summed E-state index contributed by atoms with van der Waals surface area (Å²) in [5, 5.41) is 9.70. The number of benzene rings is 2. The van der Waals surface area contributed by atoms with Crippen LogP contribution in [0.5, 0.6) is 23.0 Å². The number of hydrogen-bond acceptors (Lipinski definition) is 6. The first-order chi connectivity index (χ1) is 11.7. The summed E-state index contributed by atoms with van der Waals surface area (Å²) in [6.45, 7) is -0.242. The number of carbonyl (C=O) groups is 1. The fourth-order valence-corrected chi connectivity index (χ4v) is 2.27. The Balaban J connectivity index is 2.31. The Bertz CT molecular complexity index is 698. The van der Waals surface area contributed by atoms with Crippen molar-refractivity contribution in [2.45, 2.75) is 6.10 Å². The van der Waals surface area contributed by atoms with Crippen molar-refractivity contribution < 1.29 is 28.8 Å². The van der Waals surface area contributed by atoms with Crippen LogP contribution in [0.1, 0.15) is 22.0 Å². The third-order valence-corrected chi connectivity index (χ3v) is 3.54. The van der Waals surface area contributed by atoms with Crippen LogP contribution in [0.25, 0.3) is 0 Å². The number of rotatable bonds is 8. The molecule has 0 aliphatic heterocycles. The maximum Gasteiger partial charge on any atom is 0.162 e. The van der Waals surface area contributed by atoms with Gasteiger partial charge < -0.3 is 24.1 Å². The van der Waals surface area contributed by atoms with Gasteiger partial charge >= 0.3 is 0 Å². The van der Waals surface area contributed by atoms with Crippen molar-refractivity contribution in [2.24, 2.45) is 0 Å². The largest absolute Gasteiger partial charge is 0.493 e. The van der Waals surface area contributed by atoms with Crippen LogP contribution in [-0.4, -0.2) is 39.3 Å². The van der Waals surface area contributed by atoms with Crippen molar-refractivity contribution in [3.05, 3.63) is 47.5 Å². The summed E-state index contributed by atoms with van der Waals surface area (Å²) < 4.78 is 21.6. The van der Waals surface area contributed by atoms with Gasteiger partial charge in [0.2, 0.25) is 0 Å². The van der Waals surface area contributed by atoms with E-state index in [-0.39, 0.29) is 6.61 Å². The fraction of sp³-hybridized carbons (Fsp3) is 0.278. The van der Waals surface area contributed by atoms with Crippen LogP contribution in [0.2, 0.25) is 0 Å². The van der Waals surface area contributed by atoms with Crippen molar-refractivity contribution in [3.63, 3.8) is 0 Å². The van der Waals surface area contributed by atoms with Gasteiger partial charge in [-0.2, -0.15) is 0 Å². The van der Waals surface area contributed by atoms with Crippen LogP contribution >= 0.6 is 0 Å². The number of aliphatic hydroxyl groups excluding tert-OH is 1. The molecule has 0 amide bonds. The van der Waals surface area contributed by atoms with Crippen LogP contribution in [0.4, 0.5) is 0 Å². The number of aldehydes is 1. The molecule has 0 fully saturated rings. The van der Waals surface area contributed by atoms with E-state index >= 15 is 0 Å². The van der Waals surface area contributed by atoms with E-state index in [4.69, 9.17) is 18.9 Å². The zero-order chi connectivity index (χ0) is 17.5. The first-order valence-electron chi connectivity index (χ1n) is 7.29. The van der Waals surface area contributed by atoms with Crippen LogP contribution in [0.3, 0.4) is 0 Å². The molecule has 2 aromatic carbocycles. The minimum Gasteiger partial charge on any atom is -0.493 e. The van der Waals surface area contributed by atoms with Gasteiger partial charge in [-0.1, -0.05) is 6.07 Å². The summed E-state index contributed by atoms with van der Waals surface area (Å²) in [5.41, 5.74) is 1.20. The van der Waals surface area contributed by atoms with Crippen molar-refractivity contribution in [1.29, 1.82) is 0 Å². The van der Waals surface area contributed by atoms with E-state index in [1.165, 1.54) is 14.2 Å². The zero-order valence-corrected chi connectivity index (χ0v) is 13.8. The Kier molecular flexibility index (Phi) is 6.03. The van der Waals surface area contributed by atoms with Gasteiger partial charge in [0.1, 0.15) is 12.4 Å². The molecule has 0 saturated carbocycles. The minimum absolute atomic E-state index is 0.242. The van der Waals surface area contributed by atoms with E-state index in [0.717, 1.165) is 11.8 Å². The number of hydrogen-bond donors (Lipinski definition) is 1. The van der Waals surface area contributed by atoms with Gasteiger partial charge in [-0.25, -0.2) is 0 Å². The van der Waals surface area contributed by atoms with Crippen LogP contribution in [0, 0.1) is 0 Å². The van der Waals surface area contributed by atoms with Crippen LogP contribution in [0.15, 0.2) is 36.4 Å². The lowest BCUT2D eigenvalue weighted by atomic mass is 10.1. The SMILES string of the molecule is COc1ccc(C(CO)Oc2ccc(C=O)cc2OC)cc1OC. The highest BCUT2D eigenvalue weighted by atomic mass is 16.5. The molecule has 0 aromatic heterocycles. The molecule has 128 valence electrons. The highest BCUT2D eigenvalue weighted by Crippen LogP contribution is 2.34. The third kappa shape index (κ3) is 3.78. The molecule has 2 aromatic rings. The molecule has 6 heteroatoms. The Morgan fingerprint density at radius 2 is 1.54 bits per heavy atom. The predicted octanol–water partition coefficient (Wildman–Crippen LogP) is 2.64. The highest BCUT2D eigenvalue weighted by molar-refractivity contribution is 5.76. The third-order valence-electron chi connectivity index (χ3n) is 3.54. The Labute approximate surface area is 140 Å². The summed E-state index contributed by atoms with van der Waals surface area (Å²) in [4.78, 5) is 10.9. The summed E-state index contributed by atoms with van der Waals surface area (Å²) >= 11 is 0. The van der Waals surface area contributed by atoms with Gasteiger partial charge in [-0.3, -0.25) is 4.79 Å². The second-order valence-corrected chi connectivity index (χ2v) is 4.93. The summed E-state index contributed by atoms with van der Waals surface area (Å²) in [7, 11) is 4.58. The maximum absolute atomic E-state index is 10.9. The van der Waals surface area contributed by atoms with E-state index in [1.807, 2.05) is 0 Å². The normalized spacial score (nSPS) is 11.5. The molecule has 24 heavy (non-hydrogen) atoms. The predicted molar refractivity (Wildman–Crippen MR) is 88.4 cm³/mol. The standard InChI is InChI=1S/C18H20O6/c1-21-14-7-5-13(9-17(14)23-3)18(11-20)24-15-6-4-12(10-19)8-16(15)22-2/h4-10,18,20H,11H2,1-3H3. The van der Waals surface area contributed by atoms with Gasteiger partial charge in [-0.15, -0.1) is 0 Å². The molecule has 0 bridgehead atoms. The summed E-state index contributed by atoms with van der Waals surface area (Å²) in [5.74, 6) is 1.97. The van der Waals surface area contributed by atoms with Gasteiger partial charge in [0.15, 0.2) is 23.0 Å². The lowest BCUT2D eigenvalue weighted by Crippen LogP contribution is -2.13. The zero-order valence-electron chi connectivity index (χ0n) is 13.8. The number of carbonyl (C=O) groups excluding carboxylic acids is 1. The van der Waals surface area contributed by atoms with E-state index < -0.39 is 6.10 Å². The van der Waals surface area contributed by atoms with Crippen molar-refractivity contribution in [1.82, 2.24) is 0 Å². The van der Waals surface area contributed by atoms with Crippen molar-refractivity contribution >= 4 is 6.29 Å².